The molecule has 12 heteroatoms. The summed E-state index contributed by atoms with van der Waals surface area (Å²) in [6.07, 6.45) is 7.50. The summed E-state index contributed by atoms with van der Waals surface area (Å²) >= 11 is 0. The predicted molar refractivity (Wildman–Crippen MR) is 249 cm³/mol. The van der Waals surface area contributed by atoms with Gasteiger partial charge in [0.25, 0.3) is 0 Å². The lowest BCUT2D eigenvalue weighted by Crippen LogP contribution is -2.23. The van der Waals surface area contributed by atoms with Crippen LogP contribution in [0.15, 0.2) is 134 Å². The van der Waals surface area contributed by atoms with E-state index in [0.29, 0.717) is 72.4 Å². The zero-order valence-electron chi connectivity index (χ0n) is 37.7. The predicted octanol–water partition coefficient (Wildman–Crippen LogP) is 10.4. The Morgan fingerprint density at radius 1 is 0.569 bits per heavy atom. The van der Waals surface area contributed by atoms with Gasteiger partial charge in [0, 0.05) is 28.7 Å². The van der Waals surface area contributed by atoms with Gasteiger partial charge in [-0.15, -0.1) is 0 Å². The van der Waals surface area contributed by atoms with Crippen LogP contribution in [0.25, 0.3) is 17.2 Å². The Labute approximate surface area is 381 Å². The Morgan fingerprint density at radius 2 is 1.08 bits per heavy atom. The third-order valence-electron chi connectivity index (χ3n) is 9.72. The maximum atomic E-state index is 12.9. The van der Waals surface area contributed by atoms with E-state index in [1.54, 1.807) is 69.3 Å². The van der Waals surface area contributed by atoms with E-state index >= 15 is 0 Å². The lowest BCUT2D eigenvalue weighted by Gasteiger charge is -2.18. The summed E-state index contributed by atoms with van der Waals surface area (Å²) < 4.78 is 38.7. The number of unbranched alkanes of at least 4 members (excludes halogenated alkanes) is 3. The van der Waals surface area contributed by atoms with Crippen LogP contribution in [-0.2, 0) is 39.8 Å². The van der Waals surface area contributed by atoms with Gasteiger partial charge in [0.1, 0.15) is 23.0 Å². The first-order valence-electron chi connectivity index (χ1n) is 21.5. The van der Waals surface area contributed by atoms with Crippen molar-refractivity contribution in [3.8, 4) is 34.1 Å². The Kier molecular flexibility index (Phi) is 20.5. The number of esters is 5. The number of carbonyl (C=O) groups is 5. The Hall–Kier alpha value is -7.21. The minimum absolute atomic E-state index is 0.0533. The first-order chi connectivity index (χ1) is 31.2. The lowest BCUT2D eigenvalue weighted by atomic mass is 10.0. The van der Waals surface area contributed by atoms with Gasteiger partial charge in [-0.3, -0.25) is 0 Å². The number of hydrogen-bond donors (Lipinski definition) is 0. The molecule has 0 N–H and O–H groups in total. The Morgan fingerprint density at radius 3 is 1.65 bits per heavy atom. The van der Waals surface area contributed by atoms with Crippen LogP contribution in [0, 0.1) is 5.92 Å². The second-order valence-electron chi connectivity index (χ2n) is 15.4. The largest absolute Gasteiger partial charge is 0.494 e. The van der Waals surface area contributed by atoms with E-state index in [0.717, 1.165) is 42.4 Å². The van der Waals surface area contributed by atoms with Gasteiger partial charge in [0.05, 0.1) is 38.6 Å². The molecule has 0 spiro atoms. The zero-order valence-corrected chi connectivity index (χ0v) is 37.7. The quantitative estimate of drug-likeness (QED) is 0.0194. The maximum Gasteiger partial charge on any atom is 0.343 e. The molecule has 0 radical (unpaired) electrons. The lowest BCUT2D eigenvalue weighted by molar-refractivity contribution is -0.144. The van der Waals surface area contributed by atoms with Crippen molar-refractivity contribution in [2.75, 3.05) is 33.0 Å². The van der Waals surface area contributed by atoms with E-state index in [-0.39, 0.29) is 36.2 Å². The fourth-order valence-electron chi connectivity index (χ4n) is 5.91. The SMILES string of the molecule is C=C(C)C(=O)OCCCCCCOc1ccc(C(=O)Oc2ccc(OC(=O)/C=C/c3ccc(-c4ccc(OCCC(COC(=O)C(=C)C)COC(=O)C(=C)C)cc4)cc3)c(CC)c2)cc1. The molecule has 0 saturated heterocycles. The van der Waals surface area contributed by atoms with Crippen LogP contribution in [0.3, 0.4) is 0 Å². The molecule has 0 aliphatic rings. The van der Waals surface area contributed by atoms with E-state index in [9.17, 15) is 24.0 Å². The smallest absolute Gasteiger partial charge is 0.343 e. The summed E-state index contributed by atoms with van der Waals surface area (Å²) in [7, 11) is 0. The van der Waals surface area contributed by atoms with Gasteiger partial charge in [0.15, 0.2) is 0 Å². The fraction of sp³-hybridized carbons (Fsp3) is 0.302. The highest BCUT2D eigenvalue weighted by Gasteiger charge is 2.17. The number of hydrogen-bond acceptors (Lipinski definition) is 12. The average molecular weight is 887 g/mol. The first kappa shape index (κ1) is 50.4. The van der Waals surface area contributed by atoms with Crippen molar-refractivity contribution in [3.63, 3.8) is 0 Å². The molecule has 4 aromatic rings. The molecular weight excluding hydrogens is 829 g/mol. The highest BCUT2D eigenvalue weighted by Crippen LogP contribution is 2.27. The van der Waals surface area contributed by atoms with Gasteiger partial charge < -0.3 is 33.2 Å². The number of ether oxygens (including phenoxy) is 7. The van der Waals surface area contributed by atoms with E-state index in [1.165, 1.54) is 6.08 Å². The van der Waals surface area contributed by atoms with Gasteiger partial charge in [0.2, 0.25) is 0 Å². The van der Waals surface area contributed by atoms with E-state index in [1.807, 2.05) is 55.5 Å². The molecule has 0 fully saturated rings. The summed E-state index contributed by atoms with van der Waals surface area (Å²) in [4.78, 5) is 60.9. The second kappa shape index (κ2) is 26.4. The topological polar surface area (TPSA) is 150 Å². The first-order valence-corrected chi connectivity index (χ1v) is 21.5. The molecule has 4 aromatic carbocycles. The van der Waals surface area contributed by atoms with Crippen LogP contribution >= 0.6 is 0 Å². The molecule has 0 aliphatic heterocycles. The monoisotopic (exact) mass is 886 g/mol. The van der Waals surface area contributed by atoms with Crippen molar-refractivity contribution in [1.82, 2.24) is 0 Å². The van der Waals surface area contributed by atoms with Crippen LogP contribution < -0.4 is 18.9 Å². The van der Waals surface area contributed by atoms with Crippen molar-refractivity contribution >= 4 is 35.9 Å². The van der Waals surface area contributed by atoms with Crippen molar-refractivity contribution in [3.05, 3.63) is 150 Å². The molecule has 0 aliphatic carbocycles. The third-order valence-corrected chi connectivity index (χ3v) is 9.72. The van der Waals surface area contributed by atoms with Gasteiger partial charge in [-0.2, -0.15) is 0 Å². The van der Waals surface area contributed by atoms with E-state index in [2.05, 4.69) is 19.7 Å². The number of rotatable bonds is 26. The number of aryl methyl sites for hydroxylation is 1. The third kappa shape index (κ3) is 17.8. The molecule has 0 unspecified atom stereocenters. The molecule has 4 rings (SSSR count). The minimum Gasteiger partial charge on any atom is -0.494 e. The molecular formula is C53H58O12. The molecule has 0 aromatic heterocycles. The molecule has 0 heterocycles. The summed E-state index contributed by atoms with van der Waals surface area (Å²) in [5, 5.41) is 0. The molecule has 342 valence electrons. The van der Waals surface area contributed by atoms with Crippen LogP contribution in [0.5, 0.6) is 23.0 Å². The minimum atomic E-state index is -0.555. The number of carbonyl (C=O) groups excluding carboxylic acids is 5. The van der Waals surface area contributed by atoms with Crippen molar-refractivity contribution in [2.45, 2.75) is 66.2 Å². The van der Waals surface area contributed by atoms with Crippen molar-refractivity contribution in [1.29, 1.82) is 0 Å². The maximum absolute atomic E-state index is 12.9. The molecule has 12 nitrogen and oxygen atoms in total. The van der Waals surface area contributed by atoms with Crippen LogP contribution in [0.2, 0.25) is 0 Å². The highest BCUT2D eigenvalue weighted by molar-refractivity contribution is 5.92. The highest BCUT2D eigenvalue weighted by atomic mass is 16.6. The van der Waals surface area contributed by atoms with Crippen molar-refractivity contribution in [2.24, 2.45) is 5.92 Å². The van der Waals surface area contributed by atoms with Gasteiger partial charge in [-0.05, 0) is 142 Å². The van der Waals surface area contributed by atoms with Gasteiger partial charge in [-0.25, -0.2) is 24.0 Å². The summed E-state index contributed by atoms with van der Waals surface area (Å²) in [5.74, 6) is -0.774. The zero-order chi connectivity index (χ0) is 47.1. The van der Waals surface area contributed by atoms with Gasteiger partial charge >= 0.3 is 29.8 Å². The average Bonchev–Trinajstić information content (AvgIpc) is 3.30. The van der Waals surface area contributed by atoms with Crippen LogP contribution in [0.4, 0.5) is 0 Å². The summed E-state index contributed by atoms with van der Waals surface area (Å²) in [6.45, 7) is 18.7. The molecule has 0 amide bonds. The normalized spacial score (nSPS) is 10.8. The summed E-state index contributed by atoms with van der Waals surface area (Å²) in [6, 6.07) is 26.9. The second-order valence-corrected chi connectivity index (χ2v) is 15.4. The molecule has 0 bridgehead atoms. The van der Waals surface area contributed by atoms with E-state index in [4.69, 9.17) is 33.2 Å². The Balaban J connectivity index is 1.20. The molecule has 65 heavy (non-hydrogen) atoms. The standard InChI is InChI=1S/C53H58O12/c1-8-41-33-47(64-53(58)44-20-24-45(25-21-44)59-30-11-9-10-12-31-61-50(55)36(2)3)26-27-48(41)65-49(54)28-15-39-13-16-42(17-14-39)43-18-22-46(23-19-43)60-32-29-40(34-62-51(56)37(4)5)35-63-52(57)38(6)7/h13-28,33,40H,2,4,6,8-12,29-32,34-35H2,1,3,5,7H3/b28-15+. The van der Waals surface area contributed by atoms with Crippen molar-refractivity contribution < 1.29 is 57.1 Å². The number of benzene rings is 4. The fourth-order valence-corrected chi connectivity index (χ4v) is 5.91. The molecule has 0 atom stereocenters. The van der Waals surface area contributed by atoms with Crippen LogP contribution in [0.1, 0.15) is 81.3 Å². The Bertz CT molecular complexity index is 2270. The molecule has 0 saturated carbocycles. The summed E-state index contributed by atoms with van der Waals surface area (Å²) in [5.41, 5.74) is 4.74. The van der Waals surface area contributed by atoms with Crippen LogP contribution in [-0.4, -0.2) is 62.9 Å². The van der Waals surface area contributed by atoms with Gasteiger partial charge in [-0.1, -0.05) is 63.1 Å². The van der Waals surface area contributed by atoms with E-state index < -0.39 is 23.9 Å².